The number of aliphatic imine (C=N–C) groups is 1. The van der Waals surface area contributed by atoms with Crippen LogP contribution in [-0.2, 0) is 43.4 Å². The van der Waals surface area contributed by atoms with E-state index in [-0.39, 0.29) is 37.9 Å². The minimum atomic E-state index is -1.09. The molecule has 0 aliphatic carbocycles. The molecular weight excluding hydrogens is 600 g/mol. The number of nitrogens with one attached hydrogen (secondary N) is 3. The van der Waals surface area contributed by atoms with Crippen LogP contribution in [0.1, 0.15) is 57.7 Å². The largest absolute Gasteiger partial charge is 0.459 e. The van der Waals surface area contributed by atoms with Gasteiger partial charge >= 0.3 is 24.1 Å². The molecule has 0 aliphatic rings. The third-order valence-electron chi connectivity index (χ3n) is 6.42. The minimum absolute atomic E-state index is 0.0132. The molecule has 0 bridgehead atoms. The van der Waals surface area contributed by atoms with Crippen molar-refractivity contribution in [3.63, 3.8) is 0 Å². The second-order valence-corrected chi connectivity index (χ2v) is 12.3. The number of carbonyl (C=O) groups excluding carboxylic acids is 4. The van der Waals surface area contributed by atoms with Gasteiger partial charge in [-0.2, -0.15) is 0 Å². The molecule has 3 amide bonds. The van der Waals surface area contributed by atoms with E-state index in [1.165, 1.54) is 0 Å². The molecule has 2 atom stereocenters. The average molecular weight is 645 g/mol. The summed E-state index contributed by atoms with van der Waals surface area (Å²) in [5, 5.41) is 7.54. The summed E-state index contributed by atoms with van der Waals surface area (Å²) in [5.74, 6) is -1.64. The summed E-state index contributed by atoms with van der Waals surface area (Å²) in [6.45, 7) is 8.90. The van der Waals surface area contributed by atoms with Crippen molar-refractivity contribution in [1.82, 2.24) is 16.0 Å². The number of guanidine groups is 1. The van der Waals surface area contributed by atoms with Gasteiger partial charge in [0.25, 0.3) is 0 Å². The molecule has 0 radical (unpaired) electrons. The van der Waals surface area contributed by atoms with Gasteiger partial charge in [-0.25, -0.2) is 24.2 Å². The van der Waals surface area contributed by atoms with Crippen LogP contribution in [0.4, 0.5) is 9.59 Å². The molecule has 0 saturated heterocycles. The lowest BCUT2D eigenvalue weighted by molar-refractivity contribution is -0.147. The molecule has 3 aromatic carbocycles. The number of carbonyl (C=O) groups is 4. The van der Waals surface area contributed by atoms with Crippen LogP contribution in [0.5, 0.6) is 0 Å². The molecule has 0 fully saturated rings. The summed E-state index contributed by atoms with van der Waals surface area (Å²) in [4.78, 5) is 56.9. The molecule has 250 valence electrons. The molecule has 3 N–H and O–H groups in total. The fraction of sp³-hybridized carbons (Fsp3) is 0.361. The summed E-state index contributed by atoms with van der Waals surface area (Å²) < 4.78 is 16.4. The first kappa shape index (κ1) is 36.3. The van der Waals surface area contributed by atoms with Crippen molar-refractivity contribution < 1.29 is 33.4 Å². The molecule has 3 aromatic rings. The predicted octanol–water partition coefficient (Wildman–Crippen LogP) is 5.68. The van der Waals surface area contributed by atoms with Gasteiger partial charge in [0, 0.05) is 6.42 Å². The van der Waals surface area contributed by atoms with Crippen molar-refractivity contribution in [2.24, 2.45) is 10.9 Å². The van der Waals surface area contributed by atoms with Crippen molar-refractivity contribution >= 4 is 30.0 Å². The number of hydrogen-bond acceptors (Lipinski definition) is 8. The lowest BCUT2D eigenvalue weighted by Gasteiger charge is -2.22. The molecule has 0 saturated carbocycles. The molecule has 11 heteroatoms. The van der Waals surface area contributed by atoms with E-state index in [0.29, 0.717) is 0 Å². The maximum atomic E-state index is 13.4. The highest BCUT2D eigenvalue weighted by atomic mass is 16.6. The maximum absolute atomic E-state index is 13.4. The fourth-order valence-corrected chi connectivity index (χ4v) is 4.30. The van der Waals surface area contributed by atoms with Gasteiger partial charge in [0.15, 0.2) is 6.04 Å². The average Bonchev–Trinajstić information content (AvgIpc) is 3.02. The van der Waals surface area contributed by atoms with Gasteiger partial charge < -0.3 is 19.5 Å². The van der Waals surface area contributed by atoms with E-state index in [4.69, 9.17) is 14.2 Å². The van der Waals surface area contributed by atoms with Crippen LogP contribution < -0.4 is 16.0 Å². The number of urea groups is 1. The van der Waals surface area contributed by atoms with E-state index in [0.717, 1.165) is 16.7 Å². The Morgan fingerprint density at radius 1 is 0.702 bits per heavy atom. The Labute approximate surface area is 276 Å². The zero-order valence-corrected chi connectivity index (χ0v) is 27.5. The zero-order valence-electron chi connectivity index (χ0n) is 27.5. The van der Waals surface area contributed by atoms with Crippen LogP contribution in [0, 0.1) is 5.92 Å². The van der Waals surface area contributed by atoms with Crippen molar-refractivity contribution in [2.45, 2.75) is 78.4 Å². The number of nitrogens with zero attached hydrogens (tertiary/aromatic N) is 1. The third-order valence-corrected chi connectivity index (χ3v) is 6.42. The molecule has 3 rings (SSSR count). The van der Waals surface area contributed by atoms with Gasteiger partial charge in [0.1, 0.15) is 24.9 Å². The van der Waals surface area contributed by atoms with Crippen LogP contribution >= 0.6 is 0 Å². The maximum Gasteiger partial charge on any atom is 0.414 e. The summed E-state index contributed by atoms with van der Waals surface area (Å²) in [7, 11) is 0. The van der Waals surface area contributed by atoms with E-state index in [2.05, 4.69) is 20.9 Å². The first-order chi connectivity index (χ1) is 22.4. The summed E-state index contributed by atoms with van der Waals surface area (Å²) in [6.07, 6.45) is -0.505. The van der Waals surface area contributed by atoms with Crippen LogP contribution in [0.3, 0.4) is 0 Å². The summed E-state index contributed by atoms with van der Waals surface area (Å²) >= 11 is 0. The van der Waals surface area contributed by atoms with Gasteiger partial charge in [-0.3, -0.25) is 10.6 Å². The molecule has 0 aliphatic heterocycles. The van der Waals surface area contributed by atoms with E-state index in [9.17, 15) is 19.2 Å². The number of rotatable bonds is 12. The molecule has 0 spiro atoms. The lowest BCUT2D eigenvalue weighted by Crippen LogP contribution is -2.53. The predicted molar refractivity (Wildman–Crippen MR) is 178 cm³/mol. The monoisotopic (exact) mass is 644 g/mol. The van der Waals surface area contributed by atoms with Crippen molar-refractivity contribution in [3.8, 4) is 0 Å². The number of amides is 3. The van der Waals surface area contributed by atoms with Crippen molar-refractivity contribution in [3.05, 3.63) is 108 Å². The Balaban J connectivity index is 1.82. The highest BCUT2D eigenvalue weighted by Crippen LogP contribution is 2.13. The second-order valence-electron chi connectivity index (χ2n) is 12.3. The topological polar surface area (TPSA) is 144 Å². The van der Waals surface area contributed by atoms with E-state index in [1.807, 2.05) is 105 Å². The number of ether oxygens (including phenoxy) is 3. The molecule has 11 nitrogen and oxygen atoms in total. The Bertz CT molecular complexity index is 1470. The minimum Gasteiger partial charge on any atom is -0.459 e. The SMILES string of the molecule is CC(C)CC(N=C(NC(=O)NC(Cc1ccccc1)C(=O)OCc1ccccc1)NC(=O)OC(C)(C)C)C(=O)OCc1ccccc1. The Kier molecular flexibility index (Phi) is 14.0. The van der Waals surface area contributed by atoms with Crippen LogP contribution in [0.15, 0.2) is 96.0 Å². The van der Waals surface area contributed by atoms with E-state index in [1.54, 1.807) is 20.8 Å². The van der Waals surface area contributed by atoms with Gasteiger partial charge in [0.2, 0.25) is 5.96 Å². The normalized spacial score (nSPS) is 12.8. The van der Waals surface area contributed by atoms with Crippen LogP contribution in [0.25, 0.3) is 0 Å². The quantitative estimate of drug-likeness (QED) is 0.0996. The van der Waals surface area contributed by atoms with Gasteiger partial charge in [-0.05, 0) is 49.8 Å². The van der Waals surface area contributed by atoms with Crippen LogP contribution in [-0.4, -0.2) is 47.7 Å². The van der Waals surface area contributed by atoms with E-state index < -0.39 is 41.7 Å². The van der Waals surface area contributed by atoms with E-state index >= 15 is 0 Å². The van der Waals surface area contributed by atoms with Crippen LogP contribution in [0.2, 0.25) is 0 Å². The van der Waals surface area contributed by atoms with Crippen molar-refractivity contribution in [1.29, 1.82) is 0 Å². The molecule has 47 heavy (non-hydrogen) atoms. The molecule has 0 heterocycles. The van der Waals surface area contributed by atoms with Crippen molar-refractivity contribution in [2.75, 3.05) is 0 Å². The highest BCUT2D eigenvalue weighted by Gasteiger charge is 2.27. The number of alkyl carbamates (subject to hydrolysis) is 1. The summed E-state index contributed by atoms with van der Waals surface area (Å²) in [6, 6.07) is 24.5. The Hall–Kier alpha value is -5.19. The Morgan fingerprint density at radius 2 is 1.19 bits per heavy atom. The number of benzene rings is 3. The first-order valence-corrected chi connectivity index (χ1v) is 15.5. The Morgan fingerprint density at radius 3 is 1.68 bits per heavy atom. The van der Waals surface area contributed by atoms with Gasteiger partial charge in [-0.1, -0.05) is 105 Å². The standard InChI is InChI=1S/C36H44N4O7/c1-25(2)21-29(31(41)45-23-27-17-11-7-12-18-27)37-33(40-35(44)47-36(3,4)5)39-34(43)38-30(22-26-15-9-6-10-16-26)32(42)46-24-28-19-13-8-14-20-28/h6-20,25,29-30H,21-24H2,1-5H3,(H3,37,38,39,40,43,44). The van der Waals surface area contributed by atoms with Gasteiger partial charge in [0.05, 0.1) is 0 Å². The smallest absolute Gasteiger partial charge is 0.414 e. The number of hydrogen-bond donors (Lipinski definition) is 3. The third kappa shape index (κ3) is 14.2. The molecule has 2 unspecified atom stereocenters. The van der Waals surface area contributed by atoms with Gasteiger partial charge in [-0.15, -0.1) is 0 Å². The fourth-order valence-electron chi connectivity index (χ4n) is 4.30. The molecular formula is C36H44N4O7. The first-order valence-electron chi connectivity index (χ1n) is 15.5. The molecule has 0 aromatic heterocycles. The summed E-state index contributed by atoms with van der Waals surface area (Å²) in [5.41, 5.74) is 1.51. The second kappa shape index (κ2) is 18.1. The highest BCUT2D eigenvalue weighted by molar-refractivity contribution is 6.04. The lowest BCUT2D eigenvalue weighted by atomic mass is 10.0. The number of esters is 2. The zero-order chi connectivity index (χ0) is 34.2.